The first-order valence-corrected chi connectivity index (χ1v) is 11.0. The zero-order chi connectivity index (χ0) is 22.8. The number of piperidine rings is 1. The predicted molar refractivity (Wildman–Crippen MR) is 116 cm³/mol. The van der Waals surface area contributed by atoms with Crippen molar-refractivity contribution in [2.24, 2.45) is 5.92 Å². The number of carboxylic acid groups (broad SMARTS) is 1. The number of carboxylic acids is 1. The van der Waals surface area contributed by atoms with E-state index < -0.39 is 29.7 Å². The molecule has 0 amide bonds. The Hall–Kier alpha value is -1.77. The van der Waals surface area contributed by atoms with Gasteiger partial charge >= 0.3 is 12.1 Å². The molecule has 2 unspecified atom stereocenters. The maximum absolute atomic E-state index is 13.6. The van der Waals surface area contributed by atoms with Gasteiger partial charge in [0.2, 0.25) is 0 Å². The van der Waals surface area contributed by atoms with E-state index in [1.165, 1.54) is 6.07 Å². The second kappa shape index (κ2) is 9.79. The highest BCUT2D eigenvalue weighted by Gasteiger charge is 2.37. The third kappa shape index (κ3) is 5.54. The number of aliphatic carboxylic acids is 1. The molecule has 2 aromatic carbocycles. The van der Waals surface area contributed by atoms with E-state index in [1.807, 2.05) is 17.9 Å². The molecule has 1 aliphatic rings. The number of rotatable bonds is 6. The van der Waals surface area contributed by atoms with Crippen LogP contribution in [-0.2, 0) is 11.0 Å². The van der Waals surface area contributed by atoms with Gasteiger partial charge in [0.25, 0.3) is 0 Å². The summed E-state index contributed by atoms with van der Waals surface area (Å²) < 4.78 is 47.2. The van der Waals surface area contributed by atoms with Crippen LogP contribution in [0.2, 0.25) is 5.02 Å². The van der Waals surface area contributed by atoms with Gasteiger partial charge in [-0.15, -0.1) is 0 Å². The lowest BCUT2D eigenvalue weighted by atomic mass is 9.90. The number of benzene rings is 2. The molecule has 1 fully saturated rings. The van der Waals surface area contributed by atoms with Crippen LogP contribution in [0.5, 0.6) is 5.75 Å². The molecule has 2 aromatic rings. The van der Waals surface area contributed by atoms with Crippen LogP contribution in [0.3, 0.4) is 0 Å². The average molecular weight is 521 g/mol. The molecule has 9 heteroatoms. The number of hydrogen-bond donors (Lipinski definition) is 1. The van der Waals surface area contributed by atoms with Gasteiger partial charge in [-0.2, -0.15) is 13.2 Å². The molecule has 4 nitrogen and oxygen atoms in total. The van der Waals surface area contributed by atoms with Crippen LogP contribution in [0.15, 0.2) is 40.9 Å². The van der Waals surface area contributed by atoms with E-state index in [1.54, 1.807) is 18.2 Å². The zero-order valence-corrected chi connectivity index (χ0v) is 19.1. The number of nitrogens with zero attached hydrogens (tertiary/aromatic N) is 1. The topological polar surface area (TPSA) is 49.8 Å². The van der Waals surface area contributed by atoms with E-state index in [2.05, 4.69) is 15.9 Å². The van der Waals surface area contributed by atoms with E-state index in [-0.39, 0.29) is 11.6 Å². The van der Waals surface area contributed by atoms with Crippen molar-refractivity contribution >= 4 is 33.5 Å². The summed E-state index contributed by atoms with van der Waals surface area (Å²) in [5, 5.41) is 9.15. The first-order valence-electron chi connectivity index (χ1n) is 9.87. The summed E-state index contributed by atoms with van der Waals surface area (Å²) >= 11 is 9.28. The van der Waals surface area contributed by atoms with Gasteiger partial charge in [-0.05, 0) is 62.2 Å². The van der Waals surface area contributed by atoms with Gasteiger partial charge < -0.3 is 9.84 Å². The molecular formula is C22H22BrClF3NO3. The van der Waals surface area contributed by atoms with Crippen molar-refractivity contribution in [3.05, 3.63) is 62.6 Å². The first-order chi connectivity index (χ1) is 14.6. The van der Waals surface area contributed by atoms with Crippen molar-refractivity contribution in [1.29, 1.82) is 0 Å². The van der Waals surface area contributed by atoms with Crippen LogP contribution in [0, 0.1) is 5.92 Å². The van der Waals surface area contributed by atoms with Crippen LogP contribution in [-0.4, -0.2) is 35.7 Å². The summed E-state index contributed by atoms with van der Waals surface area (Å²) in [5.41, 5.74) is 0.121. The summed E-state index contributed by atoms with van der Waals surface area (Å²) in [6.07, 6.45) is -3.45. The van der Waals surface area contributed by atoms with Crippen molar-refractivity contribution in [1.82, 2.24) is 4.90 Å². The van der Waals surface area contributed by atoms with Crippen LogP contribution >= 0.6 is 27.5 Å². The first kappa shape index (κ1) is 23.9. The molecule has 3 rings (SSSR count). The average Bonchev–Trinajstić information content (AvgIpc) is 2.71. The molecule has 2 atom stereocenters. The minimum atomic E-state index is -4.61. The maximum Gasteiger partial charge on any atom is 0.417 e. The van der Waals surface area contributed by atoms with Crippen molar-refractivity contribution < 1.29 is 27.8 Å². The number of ether oxygens (including phenoxy) is 1. The predicted octanol–water partition coefficient (Wildman–Crippen LogP) is 6.41. The van der Waals surface area contributed by atoms with Crippen LogP contribution in [0.4, 0.5) is 13.2 Å². The van der Waals surface area contributed by atoms with Crippen LogP contribution < -0.4 is 4.74 Å². The van der Waals surface area contributed by atoms with E-state index in [0.717, 1.165) is 10.5 Å². The fourth-order valence-corrected chi connectivity index (χ4v) is 4.58. The Labute approximate surface area is 192 Å². The van der Waals surface area contributed by atoms with Gasteiger partial charge in [-0.3, -0.25) is 9.69 Å². The van der Waals surface area contributed by atoms with Gasteiger partial charge in [0, 0.05) is 16.6 Å². The van der Waals surface area contributed by atoms with Crippen molar-refractivity contribution in [2.45, 2.75) is 32.0 Å². The van der Waals surface area contributed by atoms with E-state index >= 15 is 0 Å². The Bertz CT molecular complexity index is 954. The van der Waals surface area contributed by atoms with E-state index in [9.17, 15) is 23.1 Å². The molecule has 168 valence electrons. The number of carbonyl (C=O) groups is 1. The standard InChI is InChI=1S/C22H22BrClF3NO3/c1-2-31-19-8-6-15(23)11-16(19)20(28-9-3-4-14(12-28)21(29)30)13-5-7-18(24)17(10-13)22(25,26)27/h5-8,10-11,14,20H,2-4,9,12H2,1H3,(H,29,30). The SMILES string of the molecule is CCOc1ccc(Br)cc1C(c1ccc(Cl)c(C(F)(F)F)c1)N1CCCC(C(=O)O)C1. The summed E-state index contributed by atoms with van der Waals surface area (Å²) in [6, 6.07) is 8.59. The molecule has 0 spiro atoms. The van der Waals surface area contributed by atoms with E-state index in [4.69, 9.17) is 16.3 Å². The lowest BCUT2D eigenvalue weighted by molar-refractivity contribution is -0.143. The lowest BCUT2D eigenvalue weighted by Crippen LogP contribution is -2.41. The Kier molecular flexibility index (Phi) is 7.55. The highest BCUT2D eigenvalue weighted by atomic mass is 79.9. The summed E-state index contributed by atoms with van der Waals surface area (Å²) in [4.78, 5) is 13.5. The molecule has 0 aliphatic carbocycles. The molecule has 1 N–H and O–H groups in total. The van der Waals surface area contributed by atoms with Crippen molar-refractivity contribution in [3.63, 3.8) is 0 Å². The molecule has 0 aromatic heterocycles. The minimum Gasteiger partial charge on any atom is -0.494 e. The highest BCUT2D eigenvalue weighted by molar-refractivity contribution is 9.10. The molecule has 1 heterocycles. The largest absolute Gasteiger partial charge is 0.494 e. The number of likely N-dealkylation sites (tertiary alicyclic amines) is 1. The van der Waals surface area contributed by atoms with Gasteiger partial charge in [-0.1, -0.05) is 33.6 Å². The Morgan fingerprint density at radius 1 is 1.32 bits per heavy atom. The van der Waals surface area contributed by atoms with Gasteiger partial charge in [0.1, 0.15) is 5.75 Å². The third-order valence-electron chi connectivity index (χ3n) is 5.35. The number of hydrogen-bond acceptors (Lipinski definition) is 3. The van der Waals surface area contributed by atoms with Crippen molar-refractivity contribution in [3.8, 4) is 5.75 Å². The molecule has 0 radical (unpaired) electrons. The molecule has 31 heavy (non-hydrogen) atoms. The fourth-order valence-electron chi connectivity index (χ4n) is 3.98. The molecule has 1 aliphatic heterocycles. The normalized spacial score (nSPS) is 18.6. The second-order valence-electron chi connectivity index (χ2n) is 7.43. The maximum atomic E-state index is 13.6. The Morgan fingerprint density at radius 2 is 2.06 bits per heavy atom. The molecular weight excluding hydrogens is 499 g/mol. The Balaban J connectivity index is 2.17. The fraction of sp³-hybridized carbons (Fsp3) is 0.409. The molecule has 1 saturated heterocycles. The van der Waals surface area contributed by atoms with Crippen molar-refractivity contribution in [2.75, 3.05) is 19.7 Å². The second-order valence-corrected chi connectivity index (χ2v) is 8.75. The minimum absolute atomic E-state index is 0.224. The monoisotopic (exact) mass is 519 g/mol. The number of alkyl halides is 3. The smallest absolute Gasteiger partial charge is 0.417 e. The zero-order valence-electron chi connectivity index (χ0n) is 16.8. The van der Waals surface area contributed by atoms with E-state index in [0.29, 0.717) is 42.9 Å². The van der Waals surface area contributed by atoms with Gasteiger partial charge in [-0.25, -0.2) is 0 Å². The number of halogens is 5. The summed E-state index contributed by atoms with van der Waals surface area (Å²) in [6.45, 7) is 2.98. The van der Waals surface area contributed by atoms with Gasteiger partial charge in [0.05, 0.1) is 29.2 Å². The van der Waals surface area contributed by atoms with Gasteiger partial charge in [0.15, 0.2) is 0 Å². The highest BCUT2D eigenvalue weighted by Crippen LogP contribution is 2.42. The van der Waals surface area contributed by atoms with Crippen LogP contribution in [0.25, 0.3) is 0 Å². The quantitative estimate of drug-likeness (QED) is 0.478. The summed E-state index contributed by atoms with van der Waals surface area (Å²) in [5.74, 6) is -0.959. The van der Waals surface area contributed by atoms with Crippen LogP contribution in [0.1, 0.15) is 42.5 Å². The summed E-state index contributed by atoms with van der Waals surface area (Å²) in [7, 11) is 0. The molecule has 0 saturated carbocycles. The Morgan fingerprint density at radius 3 is 2.71 bits per heavy atom. The molecule has 0 bridgehead atoms. The third-order valence-corrected chi connectivity index (χ3v) is 6.17. The lowest BCUT2D eigenvalue weighted by Gasteiger charge is -2.38.